The van der Waals surface area contributed by atoms with Crippen LogP contribution in [0.15, 0.2) is 59.7 Å². The second kappa shape index (κ2) is 6.85. The van der Waals surface area contributed by atoms with E-state index in [-0.39, 0.29) is 11.3 Å². The second-order valence-electron chi connectivity index (χ2n) is 5.65. The quantitative estimate of drug-likeness (QED) is 0.424. The summed E-state index contributed by atoms with van der Waals surface area (Å²) in [5.41, 5.74) is 4.44. The Morgan fingerprint density at radius 2 is 1.89 bits per heavy atom. The molecule has 0 fully saturated rings. The van der Waals surface area contributed by atoms with Gasteiger partial charge in [0.25, 0.3) is 5.91 Å². The summed E-state index contributed by atoms with van der Waals surface area (Å²) < 4.78 is 10.8. The average Bonchev–Trinajstić information content (AvgIpc) is 3.26. The average molecular weight is 362 g/mol. The van der Waals surface area contributed by atoms with Gasteiger partial charge in [0, 0.05) is 28.9 Å². The summed E-state index contributed by atoms with van der Waals surface area (Å²) in [6.07, 6.45) is 6.08. The number of nitrogens with zero attached hydrogens (tertiary/aromatic N) is 3. The van der Waals surface area contributed by atoms with Gasteiger partial charge in [-0.05, 0) is 6.07 Å². The minimum absolute atomic E-state index is 0.160. The predicted molar refractivity (Wildman–Crippen MR) is 96.3 cm³/mol. The van der Waals surface area contributed by atoms with Crippen molar-refractivity contribution in [2.24, 2.45) is 0 Å². The first kappa shape index (κ1) is 16.7. The van der Waals surface area contributed by atoms with Gasteiger partial charge in [-0.2, -0.15) is 0 Å². The zero-order valence-corrected chi connectivity index (χ0v) is 14.2. The number of pyridine rings is 2. The SMILES string of the molecule is COc1c(-c2ccc(-c3cnco3)cc2)nc2ccncc2c1C(=O)NO. The molecule has 4 rings (SSSR count). The van der Waals surface area contributed by atoms with Crippen molar-refractivity contribution < 1.29 is 19.2 Å². The highest BCUT2D eigenvalue weighted by Crippen LogP contribution is 2.36. The minimum atomic E-state index is -0.702. The van der Waals surface area contributed by atoms with Gasteiger partial charge in [-0.25, -0.2) is 15.4 Å². The van der Waals surface area contributed by atoms with E-state index in [0.29, 0.717) is 22.4 Å². The monoisotopic (exact) mass is 362 g/mol. The number of ether oxygens (including phenoxy) is 1. The summed E-state index contributed by atoms with van der Waals surface area (Å²) in [5, 5.41) is 9.63. The third kappa shape index (κ3) is 2.87. The Bertz CT molecular complexity index is 1110. The second-order valence-corrected chi connectivity index (χ2v) is 5.65. The number of oxazole rings is 1. The van der Waals surface area contributed by atoms with Crippen molar-refractivity contribution in [2.45, 2.75) is 0 Å². The number of rotatable bonds is 4. The number of hydrogen-bond donors (Lipinski definition) is 2. The minimum Gasteiger partial charge on any atom is -0.494 e. The van der Waals surface area contributed by atoms with E-state index >= 15 is 0 Å². The first-order valence-electron chi connectivity index (χ1n) is 7.98. The van der Waals surface area contributed by atoms with Gasteiger partial charge in [-0.1, -0.05) is 24.3 Å². The number of fused-ring (bicyclic) bond motifs is 1. The number of aromatic nitrogens is 3. The Kier molecular flexibility index (Phi) is 4.23. The number of amides is 1. The molecule has 0 unspecified atom stereocenters. The maximum absolute atomic E-state index is 12.3. The van der Waals surface area contributed by atoms with Gasteiger partial charge >= 0.3 is 0 Å². The van der Waals surface area contributed by atoms with Gasteiger partial charge in [-0.15, -0.1) is 0 Å². The largest absolute Gasteiger partial charge is 0.494 e. The van der Waals surface area contributed by atoms with Crippen molar-refractivity contribution in [3.05, 3.63) is 60.9 Å². The smallest absolute Gasteiger partial charge is 0.279 e. The van der Waals surface area contributed by atoms with Crippen LogP contribution < -0.4 is 10.2 Å². The number of carbonyl (C=O) groups excluding carboxylic acids is 1. The standard InChI is InChI=1S/C19H14N4O4/c1-26-18-16(19(24)23-25)13-8-20-7-6-14(13)22-17(18)12-4-2-11(3-5-12)15-9-21-10-27-15/h2-10,25H,1H3,(H,23,24). The van der Waals surface area contributed by atoms with Crippen LogP contribution in [-0.4, -0.2) is 33.2 Å². The third-order valence-electron chi connectivity index (χ3n) is 4.15. The fourth-order valence-corrected chi connectivity index (χ4v) is 2.92. The number of carbonyl (C=O) groups is 1. The summed E-state index contributed by atoms with van der Waals surface area (Å²) in [4.78, 5) is 24.9. The van der Waals surface area contributed by atoms with Gasteiger partial charge in [0.2, 0.25) is 0 Å². The fraction of sp³-hybridized carbons (Fsp3) is 0.0526. The van der Waals surface area contributed by atoms with Crippen LogP contribution in [-0.2, 0) is 0 Å². The van der Waals surface area contributed by atoms with Crippen molar-refractivity contribution in [3.8, 4) is 28.3 Å². The van der Waals surface area contributed by atoms with Crippen molar-refractivity contribution in [1.82, 2.24) is 20.4 Å². The molecule has 8 nitrogen and oxygen atoms in total. The molecule has 1 aromatic carbocycles. The molecule has 0 radical (unpaired) electrons. The lowest BCUT2D eigenvalue weighted by Gasteiger charge is -2.15. The molecule has 0 spiro atoms. The Balaban J connectivity index is 1.92. The van der Waals surface area contributed by atoms with Crippen molar-refractivity contribution >= 4 is 16.8 Å². The zero-order chi connectivity index (χ0) is 18.8. The molecule has 0 bridgehead atoms. The van der Waals surface area contributed by atoms with Gasteiger partial charge in [0.05, 0.1) is 24.4 Å². The van der Waals surface area contributed by atoms with E-state index in [9.17, 15) is 4.79 Å². The highest BCUT2D eigenvalue weighted by Gasteiger charge is 2.22. The van der Waals surface area contributed by atoms with E-state index in [1.807, 2.05) is 24.3 Å². The molecular formula is C19H14N4O4. The molecule has 0 saturated heterocycles. The normalized spacial score (nSPS) is 10.7. The van der Waals surface area contributed by atoms with E-state index < -0.39 is 5.91 Å². The summed E-state index contributed by atoms with van der Waals surface area (Å²) in [7, 11) is 1.44. The maximum Gasteiger partial charge on any atom is 0.279 e. The van der Waals surface area contributed by atoms with Gasteiger partial charge < -0.3 is 9.15 Å². The van der Waals surface area contributed by atoms with Crippen LogP contribution >= 0.6 is 0 Å². The molecule has 3 aromatic heterocycles. The predicted octanol–water partition coefficient (Wildman–Crippen LogP) is 3.08. The molecule has 8 heteroatoms. The number of benzene rings is 1. The van der Waals surface area contributed by atoms with Crippen LogP contribution in [0.4, 0.5) is 0 Å². The molecule has 1 amide bonds. The topological polar surface area (TPSA) is 110 Å². The number of hydrogen-bond acceptors (Lipinski definition) is 7. The molecule has 134 valence electrons. The van der Waals surface area contributed by atoms with Crippen molar-refractivity contribution in [2.75, 3.05) is 7.11 Å². The lowest BCUT2D eigenvalue weighted by atomic mass is 10.0. The third-order valence-corrected chi connectivity index (χ3v) is 4.15. The first-order chi connectivity index (χ1) is 13.2. The van der Waals surface area contributed by atoms with Crippen LogP contribution in [0.3, 0.4) is 0 Å². The Labute approximate surface area is 153 Å². The molecule has 3 heterocycles. The molecule has 2 N–H and O–H groups in total. The number of nitrogens with one attached hydrogen (secondary N) is 1. The highest BCUT2D eigenvalue weighted by atomic mass is 16.5. The Morgan fingerprint density at radius 3 is 2.56 bits per heavy atom. The van der Waals surface area contributed by atoms with Crippen LogP contribution in [0.2, 0.25) is 0 Å². The maximum atomic E-state index is 12.3. The molecule has 27 heavy (non-hydrogen) atoms. The molecule has 4 aromatic rings. The van der Waals surface area contributed by atoms with E-state index in [4.69, 9.17) is 14.4 Å². The molecular weight excluding hydrogens is 348 g/mol. The van der Waals surface area contributed by atoms with Crippen molar-refractivity contribution in [3.63, 3.8) is 0 Å². The molecule has 0 aliphatic heterocycles. The lowest BCUT2D eigenvalue weighted by molar-refractivity contribution is 0.0705. The van der Waals surface area contributed by atoms with Crippen LogP contribution in [0.5, 0.6) is 5.75 Å². The van der Waals surface area contributed by atoms with E-state index in [1.54, 1.807) is 23.9 Å². The Morgan fingerprint density at radius 1 is 1.11 bits per heavy atom. The summed E-state index contributed by atoms with van der Waals surface area (Å²) in [6.45, 7) is 0. The fourth-order valence-electron chi connectivity index (χ4n) is 2.92. The van der Waals surface area contributed by atoms with Gasteiger partial charge in [0.15, 0.2) is 17.9 Å². The van der Waals surface area contributed by atoms with Gasteiger partial charge in [0.1, 0.15) is 5.69 Å². The summed E-state index contributed by atoms with van der Waals surface area (Å²) in [5.74, 6) is 0.188. The molecule has 0 aliphatic rings. The van der Waals surface area contributed by atoms with E-state index in [0.717, 1.165) is 11.1 Å². The Hall–Kier alpha value is -3.78. The van der Waals surface area contributed by atoms with Crippen LogP contribution in [0.25, 0.3) is 33.5 Å². The number of hydroxylamine groups is 1. The summed E-state index contributed by atoms with van der Waals surface area (Å²) in [6, 6.07) is 9.10. The van der Waals surface area contributed by atoms with Crippen molar-refractivity contribution in [1.29, 1.82) is 0 Å². The molecule has 0 aliphatic carbocycles. The van der Waals surface area contributed by atoms with Gasteiger partial charge in [-0.3, -0.25) is 15.0 Å². The zero-order valence-electron chi connectivity index (χ0n) is 14.2. The number of methoxy groups -OCH3 is 1. The molecule has 0 atom stereocenters. The highest BCUT2D eigenvalue weighted by molar-refractivity contribution is 6.09. The molecule has 0 saturated carbocycles. The first-order valence-corrected chi connectivity index (χ1v) is 7.98. The van der Waals surface area contributed by atoms with Crippen LogP contribution in [0, 0.1) is 0 Å². The van der Waals surface area contributed by atoms with Crippen LogP contribution in [0.1, 0.15) is 10.4 Å². The lowest BCUT2D eigenvalue weighted by Crippen LogP contribution is -2.20. The van der Waals surface area contributed by atoms with E-state index in [2.05, 4.69) is 15.0 Å². The van der Waals surface area contributed by atoms with E-state index in [1.165, 1.54) is 19.7 Å². The summed E-state index contributed by atoms with van der Waals surface area (Å²) >= 11 is 0.